The van der Waals surface area contributed by atoms with Gasteiger partial charge < -0.3 is 15.1 Å². The number of rotatable bonds is 9. The summed E-state index contributed by atoms with van der Waals surface area (Å²) in [7, 11) is 4.11. The first-order valence-corrected chi connectivity index (χ1v) is 8.93. The molecule has 1 amide bonds. The van der Waals surface area contributed by atoms with E-state index >= 15 is 0 Å². The zero-order valence-corrected chi connectivity index (χ0v) is 15.8. The Kier molecular flexibility index (Phi) is 8.37. The lowest BCUT2D eigenvalue weighted by Crippen LogP contribution is -2.46. The predicted octanol–water partition coefficient (Wildman–Crippen LogP) is 1.23. The van der Waals surface area contributed by atoms with E-state index < -0.39 is 0 Å². The van der Waals surface area contributed by atoms with Crippen molar-refractivity contribution in [2.45, 2.75) is 52.6 Å². The number of aliphatic imine (C=N–C) groups is 1. The number of carbonyl (C=O) groups is 1. The molecule has 0 radical (unpaired) electrons. The second-order valence-corrected chi connectivity index (χ2v) is 6.36. The fourth-order valence-corrected chi connectivity index (χ4v) is 2.61. The van der Waals surface area contributed by atoms with E-state index in [0.717, 1.165) is 38.2 Å². The van der Waals surface area contributed by atoms with Gasteiger partial charge in [0, 0.05) is 38.8 Å². The van der Waals surface area contributed by atoms with Crippen LogP contribution in [-0.2, 0) is 4.79 Å². The molecule has 1 N–H and O–H groups in total. The van der Waals surface area contributed by atoms with Crippen molar-refractivity contribution in [2.24, 2.45) is 4.99 Å². The Morgan fingerprint density at radius 1 is 1.22 bits per heavy atom. The third-order valence-corrected chi connectivity index (χ3v) is 4.51. The molecule has 0 heterocycles. The van der Waals surface area contributed by atoms with Crippen LogP contribution in [0.4, 0.5) is 0 Å². The summed E-state index contributed by atoms with van der Waals surface area (Å²) in [6.07, 6.45) is 2.62. The number of amides is 1. The van der Waals surface area contributed by atoms with Gasteiger partial charge in [0.15, 0.2) is 5.96 Å². The van der Waals surface area contributed by atoms with Crippen LogP contribution in [0.15, 0.2) is 4.99 Å². The first-order chi connectivity index (χ1) is 10.9. The molecule has 0 aromatic carbocycles. The average molecular weight is 326 g/mol. The molecule has 1 unspecified atom stereocenters. The molecule has 0 saturated heterocycles. The zero-order chi connectivity index (χ0) is 17.4. The van der Waals surface area contributed by atoms with Crippen molar-refractivity contribution in [3.63, 3.8) is 0 Å². The third-order valence-electron chi connectivity index (χ3n) is 4.51. The van der Waals surface area contributed by atoms with Crippen LogP contribution in [0.25, 0.3) is 0 Å². The molecule has 1 aliphatic carbocycles. The molecule has 23 heavy (non-hydrogen) atoms. The molecule has 1 fully saturated rings. The Bertz CT molecular complexity index is 390. The molecule has 134 valence electrons. The van der Waals surface area contributed by atoms with Crippen LogP contribution < -0.4 is 5.32 Å². The normalized spacial score (nSPS) is 16.4. The Hall–Kier alpha value is -1.30. The highest BCUT2D eigenvalue weighted by molar-refractivity contribution is 5.86. The molecular weight excluding hydrogens is 290 g/mol. The molecule has 0 spiro atoms. The van der Waals surface area contributed by atoms with Gasteiger partial charge in [-0.3, -0.25) is 14.7 Å². The van der Waals surface area contributed by atoms with Gasteiger partial charge in [-0.05, 0) is 47.6 Å². The maximum atomic E-state index is 12.3. The topological polar surface area (TPSA) is 51.2 Å². The molecule has 1 aliphatic rings. The smallest absolute Gasteiger partial charge is 0.242 e. The van der Waals surface area contributed by atoms with Crippen molar-refractivity contribution in [3.05, 3.63) is 0 Å². The Balaban J connectivity index is 2.60. The lowest BCUT2D eigenvalue weighted by Gasteiger charge is -2.27. The summed E-state index contributed by atoms with van der Waals surface area (Å²) in [5.41, 5.74) is 0. The second-order valence-electron chi connectivity index (χ2n) is 6.36. The van der Waals surface area contributed by atoms with Gasteiger partial charge in [-0.1, -0.05) is 0 Å². The van der Waals surface area contributed by atoms with Gasteiger partial charge in [0.2, 0.25) is 5.91 Å². The van der Waals surface area contributed by atoms with Crippen LogP contribution in [0.2, 0.25) is 0 Å². The van der Waals surface area contributed by atoms with Crippen molar-refractivity contribution < 1.29 is 4.79 Å². The minimum Gasteiger partial charge on any atom is -0.357 e. The molecule has 0 aromatic rings. The van der Waals surface area contributed by atoms with E-state index in [-0.39, 0.29) is 5.91 Å². The van der Waals surface area contributed by atoms with E-state index in [0.29, 0.717) is 12.6 Å². The molecular formula is C17H35N5O. The summed E-state index contributed by atoms with van der Waals surface area (Å²) in [6.45, 7) is 11.7. The summed E-state index contributed by atoms with van der Waals surface area (Å²) in [5, 5.41) is 3.29. The van der Waals surface area contributed by atoms with Crippen LogP contribution in [0.5, 0.6) is 0 Å². The van der Waals surface area contributed by atoms with Crippen LogP contribution in [0.3, 0.4) is 0 Å². The van der Waals surface area contributed by atoms with E-state index in [1.54, 1.807) is 0 Å². The standard InChI is InChI=1S/C17H35N5O/c1-7-18-17(19-12-14(4)21(6)15-10-11-15)20(5)13-16(23)22(8-2)9-3/h14-15H,7-13H2,1-6H3,(H,18,19). The van der Waals surface area contributed by atoms with E-state index in [4.69, 9.17) is 4.99 Å². The first kappa shape index (κ1) is 19.7. The van der Waals surface area contributed by atoms with E-state index in [1.165, 1.54) is 12.8 Å². The summed E-state index contributed by atoms with van der Waals surface area (Å²) < 4.78 is 0. The van der Waals surface area contributed by atoms with Crippen LogP contribution in [0.1, 0.15) is 40.5 Å². The largest absolute Gasteiger partial charge is 0.357 e. The maximum absolute atomic E-state index is 12.3. The summed E-state index contributed by atoms with van der Waals surface area (Å²) in [4.78, 5) is 23.2. The minimum atomic E-state index is 0.145. The van der Waals surface area contributed by atoms with Crippen molar-refractivity contribution >= 4 is 11.9 Å². The first-order valence-electron chi connectivity index (χ1n) is 8.93. The van der Waals surface area contributed by atoms with Crippen LogP contribution in [0, 0.1) is 0 Å². The highest BCUT2D eigenvalue weighted by Gasteiger charge is 2.29. The van der Waals surface area contributed by atoms with Crippen molar-refractivity contribution in [2.75, 3.05) is 46.8 Å². The van der Waals surface area contributed by atoms with Gasteiger partial charge in [0.05, 0.1) is 13.1 Å². The SMILES string of the molecule is CCNC(=NCC(C)N(C)C1CC1)N(C)CC(=O)N(CC)CC. The predicted molar refractivity (Wildman–Crippen MR) is 96.8 cm³/mol. The van der Waals surface area contributed by atoms with E-state index in [9.17, 15) is 4.79 Å². The number of nitrogens with one attached hydrogen (secondary N) is 1. The quantitative estimate of drug-likeness (QED) is 0.512. The van der Waals surface area contributed by atoms with Crippen LogP contribution >= 0.6 is 0 Å². The summed E-state index contributed by atoms with van der Waals surface area (Å²) in [6, 6.07) is 1.16. The van der Waals surface area contributed by atoms with E-state index in [2.05, 4.69) is 31.1 Å². The molecule has 0 aliphatic heterocycles. The molecule has 6 nitrogen and oxygen atoms in total. The number of hydrogen-bond donors (Lipinski definition) is 1. The molecule has 6 heteroatoms. The van der Waals surface area contributed by atoms with Gasteiger partial charge in [-0.2, -0.15) is 0 Å². The summed E-state index contributed by atoms with van der Waals surface area (Å²) in [5.74, 6) is 0.954. The zero-order valence-electron chi connectivity index (χ0n) is 15.8. The number of carbonyl (C=O) groups excluding carboxylic acids is 1. The van der Waals surface area contributed by atoms with Gasteiger partial charge in [0.1, 0.15) is 0 Å². The lowest BCUT2D eigenvalue weighted by atomic mass is 10.3. The second kappa shape index (κ2) is 9.75. The Morgan fingerprint density at radius 3 is 2.30 bits per heavy atom. The molecule has 0 aromatic heterocycles. The number of likely N-dealkylation sites (N-methyl/N-ethyl adjacent to an activating group) is 3. The van der Waals surface area contributed by atoms with Crippen molar-refractivity contribution in [3.8, 4) is 0 Å². The Labute approximate surface area is 141 Å². The average Bonchev–Trinajstić information content (AvgIpc) is 3.36. The third kappa shape index (κ3) is 6.37. The monoisotopic (exact) mass is 325 g/mol. The van der Waals surface area contributed by atoms with Crippen molar-refractivity contribution in [1.29, 1.82) is 0 Å². The maximum Gasteiger partial charge on any atom is 0.242 e. The van der Waals surface area contributed by atoms with Gasteiger partial charge in [0.25, 0.3) is 0 Å². The van der Waals surface area contributed by atoms with Gasteiger partial charge in [-0.25, -0.2) is 0 Å². The lowest BCUT2D eigenvalue weighted by molar-refractivity contribution is -0.131. The number of hydrogen-bond acceptors (Lipinski definition) is 3. The highest BCUT2D eigenvalue weighted by Crippen LogP contribution is 2.26. The highest BCUT2D eigenvalue weighted by atomic mass is 16.2. The molecule has 1 atom stereocenters. The van der Waals surface area contributed by atoms with Crippen molar-refractivity contribution in [1.82, 2.24) is 20.0 Å². The number of nitrogens with zero attached hydrogens (tertiary/aromatic N) is 4. The Morgan fingerprint density at radius 2 is 1.83 bits per heavy atom. The fourth-order valence-electron chi connectivity index (χ4n) is 2.61. The molecule has 1 rings (SSSR count). The van der Waals surface area contributed by atoms with Gasteiger partial charge >= 0.3 is 0 Å². The molecule has 0 bridgehead atoms. The van der Waals surface area contributed by atoms with Gasteiger partial charge in [-0.15, -0.1) is 0 Å². The number of guanidine groups is 1. The molecule has 1 saturated carbocycles. The minimum absolute atomic E-state index is 0.145. The fraction of sp³-hybridized carbons (Fsp3) is 0.882. The summed E-state index contributed by atoms with van der Waals surface area (Å²) >= 11 is 0. The van der Waals surface area contributed by atoms with Crippen LogP contribution in [-0.4, -0.2) is 85.5 Å². The van der Waals surface area contributed by atoms with E-state index in [1.807, 2.05) is 30.7 Å².